The van der Waals surface area contributed by atoms with Crippen LogP contribution >= 0.6 is 0 Å². The second kappa shape index (κ2) is 9.56. The summed E-state index contributed by atoms with van der Waals surface area (Å²) in [6.07, 6.45) is 6.55. The molecule has 128 valence electrons. The molecule has 4 heteroatoms. The van der Waals surface area contributed by atoms with Gasteiger partial charge in [-0.2, -0.15) is 0 Å². The minimum Gasteiger partial charge on any atom is -0.491 e. The number of amides is 1. The van der Waals surface area contributed by atoms with E-state index in [1.54, 1.807) is 0 Å². The number of likely N-dealkylation sites (tertiary alicyclic amines) is 1. The second-order valence-electron chi connectivity index (χ2n) is 6.22. The number of unbranched alkanes of at least 4 members (excludes halogenated alkanes) is 1. The van der Waals surface area contributed by atoms with Crippen LogP contribution in [-0.4, -0.2) is 42.2 Å². The molecule has 2 rings (SSSR count). The summed E-state index contributed by atoms with van der Waals surface area (Å²) in [5.41, 5.74) is 1.07. The van der Waals surface area contributed by atoms with Crippen molar-refractivity contribution in [3.63, 3.8) is 0 Å². The third-order valence-electron chi connectivity index (χ3n) is 4.45. The van der Waals surface area contributed by atoms with Crippen molar-refractivity contribution in [3.8, 4) is 5.75 Å². The van der Waals surface area contributed by atoms with E-state index in [9.17, 15) is 4.79 Å². The molecule has 23 heavy (non-hydrogen) atoms. The van der Waals surface area contributed by atoms with Crippen LogP contribution in [0.25, 0.3) is 0 Å². The van der Waals surface area contributed by atoms with Gasteiger partial charge in [-0.25, -0.2) is 0 Å². The van der Waals surface area contributed by atoms with Crippen LogP contribution in [0, 0.1) is 0 Å². The standard InChI is InChI=1S/C19H29NO3/c1-2-3-7-18(19(22)20-12-5-4-6-13-20)16-8-10-17(11-9-16)23-15-14-21/h8-11,18,21H,2-7,12-15H2,1H3. The molecule has 1 aromatic rings. The first-order valence-corrected chi connectivity index (χ1v) is 8.88. The van der Waals surface area contributed by atoms with Crippen molar-refractivity contribution < 1.29 is 14.6 Å². The van der Waals surface area contributed by atoms with Gasteiger partial charge in [0.2, 0.25) is 5.91 Å². The Morgan fingerprint density at radius 3 is 2.52 bits per heavy atom. The highest BCUT2D eigenvalue weighted by atomic mass is 16.5. The number of carbonyl (C=O) groups is 1. The minimum atomic E-state index is -0.0417. The molecule has 1 unspecified atom stereocenters. The van der Waals surface area contributed by atoms with Gasteiger partial charge < -0.3 is 14.7 Å². The van der Waals surface area contributed by atoms with Gasteiger partial charge in [0, 0.05) is 13.1 Å². The van der Waals surface area contributed by atoms with Crippen LogP contribution in [0.3, 0.4) is 0 Å². The van der Waals surface area contributed by atoms with Gasteiger partial charge in [0.05, 0.1) is 12.5 Å². The summed E-state index contributed by atoms with van der Waals surface area (Å²) in [7, 11) is 0. The van der Waals surface area contributed by atoms with Gasteiger partial charge >= 0.3 is 0 Å². The first-order chi connectivity index (χ1) is 11.3. The molecule has 1 atom stereocenters. The SMILES string of the molecule is CCCCC(C(=O)N1CCCCC1)c1ccc(OCCO)cc1. The third-order valence-corrected chi connectivity index (χ3v) is 4.45. The number of ether oxygens (including phenoxy) is 1. The lowest BCUT2D eigenvalue weighted by molar-refractivity contribution is -0.133. The zero-order valence-corrected chi connectivity index (χ0v) is 14.2. The van der Waals surface area contributed by atoms with Gasteiger partial charge in [0.1, 0.15) is 12.4 Å². The maximum absolute atomic E-state index is 12.9. The molecule has 1 N–H and O–H groups in total. The molecule has 4 nitrogen and oxygen atoms in total. The number of aliphatic hydroxyl groups is 1. The first-order valence-electron chi connectivity index (χ1n) is 8.88. The van der Waals surface area contributed by atoms with E-state index in [4.69, 9.17) is 9.84 Å². The average Bonchev–Trinajstić information content (AvgIpc) is 2.61. The van der Waals surface area contributed by atoms with Crippen LogP contribution in [0.4, 0.5) is 0 Å². The lowest BCUT2D eigenvalue weighted by Crippen LogP contribution is -2.38. The Kier molecular flexibility index (Phi) is 7.40. The maximum Gasteiger partial charge on any atom is 0.230 e. The van der Waals surface area contributed by atoms with Gasteiger partial charge in [-0.3, -0.25) is 4.79 Å². The Balaban J connectivity index is 2.08. The number of hydrogen-bond donors (Lipinski definition) is 1. The van der Waals surface area contributed by atoms with Crippen molar-refractivity contribution >= 4 is 5.91 Å². The molecule has 0 saturated carbocycles. The molecule has 1 fully saturated rings. The molecule has 0 spiro atoms. The molecule has 1 amide bonds. The summed E-state index contributed by atoms with van der Waals surface area (Å²) in [6, 6.07) is 7.78. The van der Waals surface area contributed by atoms with Crippen LogP contribution in [-0.2, 0) is 4.79 Å². The number of nitrogens with zero attached hydrogens (tertiary/aromatic N) is 1. The number of hydrogen-bond acceptors (Lipinski definition) is 3. The van der Waals surface area contributed by atoms with Crippen LogP contribution in [0.2, 0.25) is 0 Å². The highest BCUT2D eigenvalue weighted by Gasteiger charge is 2.26. The number of rotatable bonds is 8. The lowest BCUT2D eigenvalue weighted by Gasteiger charge is -2.30. The molecule has 0 aromatic heterocycles. The molecule has 1 heterocycles. The summed E-state index contributed by atoms with van der Waals surface area (Å²) >= 11 is 0. The smallest absolute Gasteiger partial charge is 0.230 e. The van der Waals surface area contributed by atoms with Crippen LogP contribution in [0.5, 0.6) is 5.75 Å². The minimum absolute atomic E-state index is 0.00826. The normalized spacial score (nSPS) is 16.2. The summed E-state index contributed by atoms with van der Waals surface area (Å²) in [5.74, 6) is 0.976. The summed E-state index contributed by atoms with van der Waals surface area (Å²) in [5, 5.41) is 8.81. The van der Waals surface area contributed by atoms with E-state index in [0.717, 1.165) is 56.5 Å². The molecule has 1 aliphatic heterocycles. The Hall–Kier alpha value is -1.55. The van der Waals surface area contributed by atoms with Gasteiger partial charge in [-0.15, -0.1) is 0 Å². The molecule has 0 aliphatic carbocycles. The Morgan fingerprint density at radius 1 is 1.22 bits per heavy atom. The summed E-state index contributed by atoms with van der Waals surface area (Å²) in [6.45, 7) is 4.27. The van der Waals surface area contributed by atoms with Crippen molar-refractivity contribution in [2.45, 2.75) is 51.4 Å². The van der Waals surface area contributed by atoms with Crippen molar-refractivity contribution in [1.29, 1.82) is 0 Å². The van der Waals surface area contributed by atoms with Gasteiger partial charge in [-0.05, 0) is 43.4 Å². The molecular formula is C19H29NO3. The molecule has 1 aliphatic rings. The largest absolute Gasteiger partial charge is 0.491 e. The van der Waals surface area contributed by atoms with E-state index in [1.165, 1.54) is 6.42 Å². The maximum atomic E-state index is 12.9. The number of piperidine rings is 1. The molecule has 1 saturated heterocycles. The Morgan fingerprint density at radius 2 is 1.91 bits per heavy atom. The van der Waals surface area contributed by atoms with Crippen LogP contribution in [0.1, 0.15) is 56.9 Å². The fraction of sp³-hybridized carbons (Fsp3) is 0.632. The molecule has 1 aromatic carbocycles. The monoisotopic (exact) mass is 319 g/mol. The lowest BCUT2D eigenvalue weighted by atomic mass is 9.91. The van der Waals surface area contributed by atoms with Gasteiger partial charge in [-0.1, -0.05) is 31.9 Å². The van der Waals surface area contributed by atoms with Gasteiger partial charge in [0.25, 0.3) is 0 Å². The fourth-order valence-electron chi connectivity index (χ4n) is 3.14. The first kappa shape index (κ1) is 17.8. The predicted octanol–water partition coefficient (Wildman–Crippen LogP) is 3.34. The molecule has 0 radical (unpaired) electrons. The van der Waals surface area contributed by atoms with Gasteiger partial charge in [0.15, 0.2) is 0 Å². The molecule has 0 bridgehead atoms. The van der Waals surface area contributed by atoms with Crippen molar-refractivity contribution in [1.82, 2.24) is 4.90 Å². The fourth-order valence-corrected chi connectivity index (χ4v) is 3.14. The Labute approximate surface area is 139 Å². The van der Waals surface area contributed by atoms with E-state index >= 15 is 0 Å². The zero-order valence-electron chi connectivity index (χ0n) is 14.2. The zero-order chi connectivity index (χ0) is 16.5. The average molecular weight is 319 g/mol. The van der Waals surface area contributed by atoms with Crippen molar-refractivity contribution in [2.75, 3.05) is 26.3 Å². The highest BCUT2D eigenvalue weighted by molar-refractivity contribution is 5.83. The van der Waals surface area contributed by atoms with Crippen molar-refractivity contribution in [3.05, 3.63) is 29.8 Å². The molecular weight excluding hydrogens is 290 g/mol. The third kappa shape index (κ3) is 5.24. The number of carbonyl (C=O) groups excluding carboxylic acids is 1. The quantitative estimate of drug-likeness (QED) is 0.799. The highest BCUT2D eigenvalue weighted by Crippen LogP contribution is 2.27. The van der Waals surface area contributed by atoms with E-state index < -0.39 is 0 Å². The second-order valence-corrected chi connectivity index (χ2v) is 6.22. The Bertz CT molecular complexity index is 466. The predicted molar refractivity (Wildman–Crippen MR) is 91.7 cm³/mol. The summed E-state index contributed by atoms with van der Waals surface area (Å²) < 4.78 is 5.40. The topological polar surface area (TPSA) is 49.8 Å². The van der Waals surface area contributed by atoms with Crippen LogP contribution in [0.15, 0.2) is 24.3 Å². The number of benzene rings is 1. The van der Waals surface area contributed by atoms with Crippen LogP contribution < -0.4 is 4.74 Å². The van der Waals surface area contributed by atoms with E-state index in [0.29, 0.717) is 6.61 Å². The van der Waals surface area contributed by atoms with E-state index in [1.807, 2.05) is 29.2 Å². The number of aliphatic hydroxyl groups excluding tert-OH is 1. The van der Waals surface area contributed by atoms with Crippen molar-refractivity contribution in [2.24, 2.45) is 0 Å². The summed E-state index contributed by atoms with van der Waals surface area (Å²) in [4.78, 5) is 15.0. The van der Waals surface area contributed by atoms with E-state index in [2.05, 4.69) is 6.92 Å². The van der Waals surface area contributed by atoms with E-state index in [-0.39, 0.29) is 18.4 Å².